The highest BCUT2D eigenvalue weighted by Crippen LogP contribution is 2.66. The normalized spacial score (nSPS) is 31.2. The van der Waals surface area contributed by atoms with E-state index in [2.05, 4.69) is 5.32 Å². The molecular weight excluding hydrogens is 304 g/mol. The van der Waals surface area contributed by atoms with Gasteiger partial charge in [-0.05, 0) is 39.5 Å². The summed E-state index contributed by atoms with van der Waals surface area (Å²) >= 11 is 5.56. The summed E-state index contributed by atoms with van der Waals surface area (Å²) in [6, 6.07) is -0.846. The zero-order valence-electron chi connectivity index (χ0n) is 12.3. The fraction of sp³-hybridized carbons (Fsp3) is 0.857. The number of ketones is 1. The second kappa shape index (κ2) is 5.38. The number of halogens is 3. The molecule has 0 aliphatic heterocycles. The number of nitrogens with one attached hydrogen (secondary N) is 1. The van der Waals surface area contributed by atoms with Gasteiger partial charge < -0.3 is 10.1 Å². The molecule has 2 aliphatic carbocycles. The molecule has 0 bridgehead atoms. The minimum atomic E-state index is -2.60. The Morgan fingerprint density at radius 1 is 1.33 bits per heavy atom. The Hall–Kier alpha value is -0.910. The van der Waals surface area contributed by atoms with E-state index in [-0.39, 0.29) is 30.4 Å². The van der Waals surface area contributed by atoms with Crippen molar-refractivity contribution in [1.29, 1.82) is 0 Å². The lowest BCUT2D eigenvalue weighted by Crippen LogP contribution is -2.48. The Bertz CT molecular complexity index is 436. The molecule has 0 saturated heterocycles. The number of alkyl halides is 3. The lowest BCUT2D eigenvalue weighted by molar-refractivity contribution is -0.120. The number of ether oxygens (including phenoxy) is 1. The number of carbonyl (C=O) groups excluding carboxylic acids is 2. The van der Waals surface area contributed by atoms with Crippen molar-refractivity contribution in [1.82, 2.24) is 5.32 Å². The number of fused-ring (bicyclic) bond motifs is 1. The molecule has 21 heavy (non-hydrogen) atoms. The molecule has 2 fully saturated rings. The van der Waals surface area contributed by atoms with Crippen LogP contribution in [0.15, 0.2) is 0 Å². The lowest BCUT2D eigenvalue weighted by Gasteiger charge is -2.27. The van der Waals surface area contributed by atoms with Gasteiger partial charge in [-0.1, -0.05) is 0 Å². The molecule has 1 N–H and O–H groups in total. The number of alkyl carbamates (subject to hydrolysis) is 1. The molecule has 0 aromatic rings. The Balaban J connectivity index is 1.97. The topological polar surface area (TPSA) is 55.4 Å². The maximum absolute atomic E-state index is 13.2. The minimum Gasteiger partial charge on any atom is -0.444 e. The highest BCUT2D eigenvalue weighted by Gasteiger charge is 2.72. The van der Waals surface area contributed by atoms with Gasteiger partial charge >= 0.3 is 6.09 Å². The molecule has 0 heterocycles. The Labute approximate surface area is 127 Å². The number of hydrogen-bond acceptors (Lipinski definition) is 3. The van der Waals surface area contributed by atoms with Gasteiger partial charge in [0, 0.05) is 11.8 Å². The van der Waals surface area contributed by atoms with Crippen molar-refractivity contribution in [2.24, 2.45) is 17.8 Å². The Morgan fingerprint density at radius 2 is 1.86 bits per heavy atom. The SMILES string of the molecule is CC(C)(C)OC(=O)N[C@H](C(=O)CCl)[C@@H]1C[C@@H]2[C@H](C1)C2(F)F. The molecule has 2 aliphatic rings. The second-order valence-electron chi connectivity index (χ2n) is 6.84. The summed E-state index contributed by atoms with van der Waals surface area (Å²) in [6.45, 7) is 5.11. The molecule has 1 amide bonds. The predicted molar refractivity (Wildman–Crippen MR) is 73.5 cm³/mol. The summed E-state index contributed by atoms with van der Waals surface area (Å²) in [6.07, 6.45) is -0.250. The molecule has 0 unspecified atom stereocenters. The summed E-state index contributed by atoms with van der Waals surface area (Å²) in [7, 11) is 0. The van der Waals surface area contributed by atoms with Crippen molar-refractivity contribution in [3.8, 4) is 0 Å². The molecule has 2 saturated carbocycles. The number of carbonyl (C=O) groups is 2. The van der Waals surface area contributed by atoms with E-state index in [1.165, 1.54) is 0 Å². The first-order chi connectivity index (χ1) is 9.56. The van der Waals surface area contributed by atoms with Crippen molar-refractivity contribution >= 4 is 23.5 Å². The van der Waals surface area contributed by atoms with E-state index in [1.807, 2.05) is 0 Å². The summed E-state index contributed by atoms with van der Waals surface area (Å²) in [5.74, 6) is -4.84. The van der Waals surface area contributed by atoms with E-state index < -0.39 is 35.5 Å². The highest BCUT2D eigenvalue weighted by molar-refractivity contribution is 6.28. The van der Waals surface area contributed by atoms with Gasteiger partial charge in [-0.25, -0.2) is 13.6 Å². The average Bonchev–Trinajstić information content (AvgIpc) is 2.75. The number of rotatable bonds is 4. The van der Waals surface area contributed by atoms with Gasteiger partial charge in [-0.3, -0.25) is 4.79 Å². The molecule has 7 heteroatoms. The van der Waals surface area contributed by atoms with Gasteiger partial charge in [0.2, 0.25) is 0 Å². The van der Waals surface area contributed by atoms with Crippen LogP contribution in [0, 0.1) is 17.8 Å². The van der Waals surface area contributed by atoms with Gasteiger partial charge in [0.25, 0.3) is 5.92 Å². The van der Waals surface area contributed by atoms with Crippen LogP contribution in [0.2, 0.25) is 0 Å². The van der Waals surface area contributed by atoms with Crippen LogP contribution in [-0.4, -0.2) is 35.3 Å². The summed E-state index contributed by atoms with van der Waals surface area (Å²) in [5, 5.41) is 2.49. The molecule has 0 spiro atoms. The highest BCUT2D eigenvalue weighted by atomic mass is 35.5. The van der Waals surface area contributed by atoms with Crippen LogP contribution >= 0.6 is 11.6 Å². The first-order valence-corrected chi connectivity index (χ1v) is 7.55. The lowest BCUT2D eigenvalue weighted by atomic mass is 9.91. The van der Waals surface area contributed by atoms with Crippen molar-refractivity contribution in [2.75, 3.05) is 5.88 Å². The van der Waals surface area contributed by atoms with Gasteiger partial charge in [0.05, 0.1) is 11.9 Å². The predicted octanol–water partition coefficient (Wildman–Crippen LogP) is 2.98. The van der Waals surface area contributed by atoms with Crippen molar-refractivity contribution < 1.29 is 23.1 Å². The maximum atomic E-state index is 13.2. The maximum Gasteiger partial charge on any atom is 0.408 e. The molecule has 120 valence electrons. The third kappa shape index (κ3) is 3.47. The summed E-state index contributed by atoms with van der Waals surface area (Å²) < 4.78 is 31.6. The summed E-state index contributed by atoms with van der Waals surface area (Å²) in [4.78, 5) is 23.7. The van der Waals surface area contributed by atoms with Crippen molar-refractivity contribution in [3.05, 3.63) is 0 Å². The molecule has 4 nitrogen and oxygen atoms in total. The molecule has 0 aromatic heterocycles. The first-order valence-electron chi connectivity index (χ1n) is 7.02. The minimum absolute atomic E-state index is 0.237. The molecular formula is C14H20ClF2NO3. The molecule has 0 radical (unpaired) electrons. The van der Waals surface area contributed by atoms with E-state index in [4.69, 9.17) is 16.3 Å². The van der Waals surface area contributed by atoms with Gasteiger partial charge in [-0.15, -0.1) is 11.6 Å². The quantitative estimate of drug-likeness (QED) is 0.809. The largest absolute Gasteiger partial charge is 0.444 e. The van der Waals surface area contributed by atoms with Gasteiger partial charge in [-0.2, -0.15) is 0 Å². The van der Waals surface area contributed by atoms with E-state index in [0.29, 0.717) is 0 Å². The van der Waals surface area contributed by atoms with E-state index in [0.717, 1.165) is 0 Å². The van der Waals surface area contributed by atoms with Gasteiger partial charge in [0.1, 0.15) is 5.60 Å². The fourth-order valence-corrected chi connectivity index (χ4v) is 3.27. The van der Waals surface area contributed by atoms with Crippen molar-refractivity contribution in [2.45, 2.75) is 51.2 Å². The average molecular weight is 324 g/mol. The fourth-order valence-electron chi connectivity index (χ4n) is 3.10. The number of Topliss-reactive ketones (excluding diaryl/α,β-unsaturated/α-hetero) is 1. The van der Waals surface area contributed by atoms with Crippen LogP contribution in [0.1, 0.15) is 33.6 Å². The first kappa shape index (κ1) is 16.5. The zero-order chi connectivity index (χ0) is 16.0. The third-order valence-corrected chi connectivity index (χ3v) is 4.36. The van der Waals surface area contributed by atoms with Gasteiger partial charge in [0.15, 0.2) is 5.78 Å². The van der Waals surface area contributed by atoms with E-state index in [1.54, 1.807) is 20.8 Å². The zero-order valence-corrected chi connectivity index (χ0v) is 13.0. The third-order valence-electron chi connectivity index (χ3n) is 4.10. The number of amides is 1. The van der Waals surface area contributed by atoms with Crippen LogP contribution in [-0.2, 0) is 9.53 Å². The van der Waals surface area contributed by atoms with Crippen LogP contribution in [0.3, 0.4) is 0 Å². The second-order valence-corrected chi connectivity index (χ2v) is 7.11. The summed E-state index contributed by atoms with van der Waals surface area (Å²) in [5.41, 5.74) is -0.691. The Morgan fingerprint density at radius 3 is 2.29 bits per heavy atom. The molecule has 2 rings (SSSR count). The van der Waals surface area contributed by atoms with E-state index in [9.17, 15) is 18.4 Å². The molecule has 4 atom stereocenters. The van der Waals surface area contributed by atoms with Crippen LogP contribution in [0.25, 0.3) is 0 Å². The van der Waals surface area contributed by atoms with Crippen LogP contribution in [0.4, 0.5) is 13.6 Å². The van der Waals surface area contributed by atoms with Crippen LogP contribution < -0.4 is 5.32 Å². The standard InChI is InChI=1S/C14H20ClF2NO3/c1-13(2,3)21-12(20)18-11(10(19)6-15)7-4-8-9(5-7)14(8,16)17/h7-9,11H,4-6H2,1-3H3,(H,18,20)/t7-,8-,9+,11-/m0/s1. The number of hydrogen-bond donors (Lipinski definition) is 1. The Kier molecular flexibility index (Phi) is 4.21. The smallest absolute Gasteiger partial charge is 0.408 e. The molecule has 0 aromatic carbocycles. The van der Waals surface area contributed by atoms with Crippen molar-refractivity contribution in [3.63, 3.8) is 0 Å². The van der Waals surface area contributed by atoms with Crippen LogP contribution in [0.5, 0.6) is 0 Å². The van der Waals surface area contributed by atoms with E-state index >= 15 is 0 Å². The monoisotopic (exact) mass is 323 g/mol.